The third-order valence-electron chi connectivity index (χ3n) is 7.97. The van der Waals surface area contributed by atoms with Gasteiger partial charge >= 0.3 is 6.09 Å². The summed E-state index contributed by atoms with van der Waals surface area (Å²) in [5.41, 5.74) is 1.78. The first kappa shape index (κ1) is 27.6. The number of amides is 2. The normalized spacial score (nSPS) is 17.8. The zero-order chi connectivity index (χ0) is 27.1. The molecule has 1 unspecified atom stereocenters. The first-order chi connectivity index (χ1) is 18.4. The molecule has 206 valence electrons. The maximum Gasteiger partial charge on any atom is 0.407 e. The predicted molar refractivity (Wildman–Crippen MR) is 144 cm³/mol. The first-order valence-corrected chi connectivity index (χ1v) is 13.1. The van der Waals surface area contributed by atoms with Gasteiger partial charge in [-0.05, 0) is 74.2 Å². The lowest BCUT2D eigenvalue weighted by Gasteiger charge is -2.38. The Morgan fingerprint density at radius 3 is 2.24 bits per heavy atom. The molecule has 0 aliphatic carbocycles. The number of hydrogen-bond acceptors (Lipinski definition) is 7. The zero-order valence-electron chi connectivity index (χ0n) is 22.8. The van der Waals surface area contributed by atoms with Crippen molar-refractivity contribution in [3.8, 4) is 17.2 Å². The Bertz CT molecular complexity index is 1100. The molecule has 2 aliphatic heterocycles. The van der Waals surface area contributed by atoms with Crippen LogP contribution in [0.2, 0.25) is 0 Å². The van der Waals surface area contributed by atoms with Crippen molar-refractivity contribution in [2.45, 2.75) is 38.3 Å². The van der Waals surface area contributed by atoms with E-state index in [9.17, 15) is 9.59 Å². The molecule has 0 bridgehead atoms. The fraction of sp³-hybridized carbons (Fsp3) is 0.517. The average molecular weight is 526 g/mol. The summed E-state index contributed by atoms with van der Waals surface area (Å²) in [4.78, 5) is 29.9. The van der Waals surface area contributed by atoms with E-state index >= 15 is 0 Å². The highest BCUT2D eigenvalue weighted by Gasteiger charge is 2.47. The molecule has 0 aromatic heterocycles. The molecule has 2 saturated heterocycles. The summed E-state index contributed by atoms with van der Waals surface area (Å²) < 4.78 is 20.9. The summed E-state index contributed by atoms with van der Waals surface area (Å²) in [7, 11) is 6.21. The number of carbonyl (C=O) groups is 2. The molecule has 2 heterocycles. The Morgan fingerprint density at radius 1 is 0.921 bits per heavy atom. The maximum absolute atomic E-state index is 13.4. The Morgan fingerprint density at radius 2 is 1.61 bits per heavy atom. The molecule has 1 atom stereocenters. The monoisotopic (exact) mass is 525 g/mol. The van der Waals surface area contributed by atoms with Gasteiger partial charge in [-0.1, -0.05) is 18.2 Å². The summed E-state index contributed by atoms with van der Waals surface area (Å²) in [5, 5.41) is 2.95. The Balaban J connectivity index is 1.34. The number of alkyl carbamates (subject to hydrolysis) is 1. The van der Waals surface area contributed by atoms with Crippen molar-refractivity contribution in [3.05, 3.63) is 53.6 Å². The van der Waals surface area contributed by atoms with E-state index in [1.807, 2.05) is 47.4 Å². The van der Waals surface area contributed by atoms with Crippen LogP contribution >= 0.6 is 0 Å². The maximum atomic E-state index is 13.4. The highest BCUT2D eigenvalue weighted by molar-refractivity contribution is 5.85. The zero-order valence-corrected chi connectivity index (χ0v) is 22.8. The van der Waals surface area contributed by atoms with Crippen LogP contribution in [0.4, 0.5) is 4.79 Å². The van der Waals surface area contributed by atoms with E-state index in [-0.39, 0.29) is 17.4 Å². The molecule has 2 aromatic carbocycles. The number of benzene rings is 2. The van der Waals surface area contributed by atoms with Crippen molar-refractivity contribution in [1.29, 1.82) is 0 Å². The quantitative estimate of drug-likeness (QED) is 0.501. The van der Waals surface area contributed by atoms with Gasteiger partial charge in [0.15, 0.2) is 11.5 Å². The van der Waals surface area contributed by atoms with Crippen LogP contribution in [-0.4, -0.2) is 76.4 Å². The van der Waals surface area contributed by atoms with Crippen LogP contribution in [-0.2, 0) is 16.1 Å². The molecule has 0 saturated carbocycles. The van der Waals surface area contributed by atoms with Gasteiger partial charge in [0, 0.05) is 19.6 Å². The molecule has 38 heavy (non-hydrogen) atoms. The van der Waals surface area contributed by atoms with Crippen molar-refractivity contribution >= 4 is 12.0 Å². The number of piperidine rings is 1. The van der Waals surface area contributed by atoms with Gasteiger partial charge in [-0.2, -0.15) is 0 Å². The number of methoxy groups -OCH3 is 4. The van der Waals surface area contributed by atoms with Crippen molar-refractivity contribution in [2.24, 2.45) is 5.41 Å². The van der Waals surface area contributed by atoms with Crippen LogP contribution in [0.1, 0.15) is 42.9 Å². The highest BCUT2D eigenvalue weighted by atomic mass is 16.5. The number of nitrogens with one attached hydrogen (secondary N) is 1. The lowest BCUT2D eigenvalue weighted by molar-refractivity contribution is -0.138. The Labute approximate surface area is 225 Å². The van der Waals surface area contributed by atoms with Gasteiger partial charge in [0.05, 0.1) is 39.9 Å². The van der Waals surface area contributed by atoms with Crippen molar-refractivity contribution < 1.29 is 28.5 Å². The molecule has 0 radical (unpaired) electrons. The second-order valence-corrected chi connectivity index (χ2v) is 10.0. The van der Waals surface area contributed by atoms with Crippen molar-refractivity contribution in [3.63, 3.8) is 0 Å². The second kappa shape index (κ2) is 12.4. The summed E-state index contributed by atoms with van der Waals surface area (Å²) >= 11 is 0. The number of likely N-dealkylation sites (tertiary alicyclic amines) is 2. The van der Waals surface area contributed by atoms with Gasteiger partial charge in [-0.15, -0.1) is 0 Å². The van der Waals surface area contributed by atoms with Crippen LogP contribution in [0.15, 0.2) is 42.5 Å². The number of nitrogens with zero attached hydrogens (tertiary/aromatic N) is 2. The average Bonchev–Trinajstić information content (AvgIpc) is 3.25. The number of carbonyl (C=O) groups excluding carboxylic acids is 2. The molecule has 1 N–H and O–H groups in total. The molecule has 2 aliphatic rings. The molecule has 2 aromatic rings. The fourth-order valence-electron chi connectivity index (χ4n) is 5.57. The van der Waals surface area contributed by atoms with E-state index in [1.54, 1.807) is 21.3 Å². The minimum absolute atomic E-state index is 0.244. The number of ether oxygens (including phenoxy) is 4. The molecule has 4 rings (SSSR count). The molecule has 9 heteroatoms. The second-order valence-electron chi connectivity index (χ2n) is 10.0. The minimum atomic E-state index is -0.476. The SMILES string of the molecule is COC(=O)NC(CCN1CCC2(CC1)CCN(Cc1ccc(OC)cc1)C2=O)c1ccc(OC)c(OC)c1. The molecule has 2 amide bonds. The Hall–Kier alpha value is -3.46. The third kappa shape index (κ3) is 6.15. The van der Waals surface area contributed by atoms with E-state index in [0.29, 0.717) is 24.5 Å². The van der Waals surface area contributed by atoms with Gasteiger partial charge in [-0.25, -0.2) is 4.79 Å². The molecule has 9 nitrogen and oxygen atoms in total. The predicted octanol–water partition coefficient (Wildman–Crippen LogP) is 4.01. The number of rotatable bonds is 10. The molecular weight excluding hydrogens is 486 g/mol. The Kier molecular flexibility index (Phi) is 8.99. The van der Waals surface area contributed by atoms with Gasteiger partial charge < -0.3 is 34.1 Å². The first-order valence-electron chi connectivity index (χ1n) is 13.1. The minimum Gasteiger partial charge on any atom is -0.497 e. The molecular formula is C29H39N3O6. The van der Waals surface area contributed by atoms with Gasteiger partial charge in [0.1, 0.15) is 5.75 Å². The van der Waals surface area contributed by atoms with Crippen molar-refractivity contribution in [2.75, 3.05) is 54.6 Å². The lowest BCUT2D eigenvalue weighted by atomic mass is 9.77. The summed E-state index contributed by atoms with van der Waals surface area (Å²) in [6.45, 7) is 3.95. The fourth-order valence-corrected chi connectivity index (χ4v) is 5.57. The van der Waals surface area contributed by atoms with Gasteiger partial charge in [-0.3, -0.25) is 4.79 Å². The molecule has 2 fully saturated rings. The standard InChI is InChI=1S/C29H39N3O6/c1-35-23-8-5-21(6-9-23)20-32-18-14-29(27(32)33)12-16-31(17-13-29)15-11-24(30-28(34)38-4)22-7-10-25(36-2)26(19-22)37-3/h5-10,19,24H,11-18,20H2,1-4H3,(H,30,34). The van der Waals surface area contributed by atoms with Gasteiger partial charge in [0.25, 0.3) is 0 Å². The third-order valence-corrected chi connectivity index (χ3v) is 7.97. The van der Waals surface area contributed by atoms with E-state index in [4.69, 9.17) is 18.9 Å². The van der Waals surface area contributed by atoms with Crippen LogP contribution in [0.3, 0.4) is 0 Å². The highest BCUT2D eigenvalue weighted by Crippen LogP contribution is 2.42. The van der Waals surface area contributed by atoms with Crippen LogP contribution in [0.25, 0.3) is 0 Å². The van der Waals surface area contributed by atoms with E-state index in [1.165, 1.54) is 7.11 Å². The van der Waals surface area contributed by atoms with Crippen LogP contribution in [0.5, 0.6) is 17.2 Å². The van der Waals surface area contributed by atoms with Crippen LogP contribution < -0.4 is 19.5 Å². The smallest absolute Gasteiger partial charge is 0.407 e. The van der Waals surface area contributed by atoms with Crippen LogP contribution in [0, 0.1) is 5.41 Å². The topological polar surface area (TPSA) is 89.6 Å². The largest absolute Gasteiger partial charge is 0.497 e. The summed E-state index contributed by atoms with van der Waals surface area (Å²) in [5.74, 6) is 2.35. The molecule has 1 spiro atoms. The summed E-state index contributed by atoms with van der Waals surface area (Å²) in [6.07, 6.45) is 2.85. The summed E-state index contributed by atoms with van der Waals surface area (Å²) in [6, 6.07) is 13.3. The van der Waals surface area contributed by atoms with Gasteiger partial charge in [0.2, 0.25) is 5.91 Å². The van der Waals surface area contributed by atoms with E-state index < -0.39 is 6.09 Å². The van der Waals surface area contributed by atoms with Crippen molar-refractivity contribution in [1.82, 2.24) is 15.1 Å². The number of hydrogen-bond donors (Lipinski definition) is 1. The lowest BCUT2D eigenvalue weighted by Crippen LogP contribution is -2.45. The van der Waals surface area contributed by atoms with E-state index in [2.05, 4.69) is 10.2 Å². The van der Waals surface area contributed by atoms with E-state index in [0.717, 1.165) is 62.3 Å².